The minimum atomic E-state index is -4.50. The lowest BCUT2D eigenvalue weighted by Crippen LogP contribution is -2.32. The molecule has 3 atom stereocenters. The molecule has 0 bridgehead atoms. The summed E-state index contributed by atoms with van der Waals surface area (Å²) in [4.78, 5) is 22.2. The van der Waals surface area contributed by atoms with Gasteiger partial charge in [0.2, 0.25) is 5.78 Å². The van der Waals surface area contributed by atoms with Gasteiger partial charge in [0, 0.05) is 17.8 Å². The van der Waals surface area contributed by atoms with Crippen LogP contribution in [-0.2, 0) is 16.7 Å². The fourth-order valence-electron chi connectivity index (χ4n) is 4.87. The highest BCUT2D eigenvalue weighted by Gasteiger charge is 2.37. The van der Waals surface area contributed by atoms with Crippen LogP contribution in [0.5, 0.6) is 0 Å². The SMILES string of the molecule is O=C(c1cc([C@@H]2NCCCc3ccccc32)c(Cl)s1)c1cncnc1N[C@@H]1C[C](NS(=O)(=O)O)[C@@H](O)C1. The van der Waals surface area contributed by atoms with E-state index < -0.39 is 22.4 Å². The van der Waals surface area contributed by atoms with Crippen LogP contribution in [-0.4, -0.2) is 52.5 Å². The van der Waals surface area contributed by atoms with Gasteiger partial charge in [-0.1, -0.05) is 35.9 Å². The van der Waals surface area contributed by atoms with Gasteiger partial charge in [0.1, 0.15) is 12.1 Å². The van der Waals surface area contributed by atoms with Crippen LogP contribution in [0.2, 0.25) is 4.34 Å². The molecular formula is C24H25ClN5O5S2. The lowest BCUT2D eigenvalue weighted by atomic mass is 9.95. The highest BCUT2D eigenvalue weighted by atomic mass is 35.5. The lowest BCUT2D eigenvalue weighted by Gasteiger charge is -2.18. The molecule has 3 aromatic rings. The molecule has 13 heteroatoms. The Balaban J connectivity index is 1.38. The number of aryl methyl sites for hydroxylation is 1. The van der Waals surface area contributed by atoms with Gasteiger partial charge in [0.25, 0.3) is 0 Å². The lowest BCUT2D eigenvalue weighted by molar-refractivity contribution is 0.104. The topological polar surface area (TPSA) is 154 Å². The van der Waals surface area contributed by atoms with Gasteiger partial charge in [-0.25, -0.2) is 9.97 Å². The number of aliphatic hydroxyl groups excluding tert-OH is 1. The number of thiophene rings is 1. The second-order valence-electron chi connectivity index (χ2n) is 9.04. The number of aromatic nitrogens is 2. The van der Waals surface area contributed by atoms with Crippen molar-refractivity contribution in [3.63, 3.8) is 0 Å². The van der Waals surface area contributed by atoms with E-state index >= 15 is 0 Å². The van der Waals surface area contributed by atoms with Gasteiger partial charge in [-0.2, -0.15) is 13.1 Å². The van der Waals surface area contributed by atoms with E-state index in [4.69, 9.17) is 16.2 Å². The van der Waals surface area contributed by atoms with Crippen LogP contribution >= 0.6 is 22.9 Å². The predicted molar refractivity (Wildman–Crippen MR) is 140 cm³/mol. The summed E-state index contributed by atoms with van der Waals surface area (Å²) in [6.07, 6.45) is 3.87. The molecule has 0 saturated heterocycles. The third-order valence-corrected chi connectivity index (χ3v) is 8.43. The Hall–Kier alpha value is -2.45. The fraction of sp³-hybridized carbons (Fsp3) is 0.333. The quantitative estimate of drug-likeness (QED) is 0.216. The number of benzene rings is 1. The molecule has 1 aliphatic carbocycles. The standard InChI is InChI=1S/C24H25ClN5O5S2/c25-23-16(21-15-6-2-1-4-13(15)5-3-7-27-21)10-20(36-23)22(32)17-11-26-12-28-24(17)29-14-8-18(19(31)9-14)30-37(33,34)35/h1-2,4,6,10-12,14,19,21,27,30-31H,3,5,7-9H2,(H,26,28,29)(H,33,34,35)/t14-,19+,21-/m1/s1. The van der Waals surface area contributed by atoms with Crippen molar-refractivity contribution >= 4 is 44.8 Å². The summed E-state index contributed by atoms with van der Waals surface area (Å²) in [5.74, 6) is -0.0451. The van der Waals surface area contributed by atoms with E-state index in [1.807, 2.05) is 22.9 Å². The van der Waals surface area contributed by atoms with Crippen LogP contribution < -0.4 is 15.4 Å². The second kappa shape index (κ2) is 10.7. The predicted octanol–water partition coefficient (Wildman–Crippen LogP) is 2.91. The summed E-state index contributed by atoms with van der Waals surface area (Å²) in [6, 6.07) is 9.55. The van der Waals surface area contributed by atoms with E-state index in [0.717, 1.165) is 30.5 Å². The van der Waals surface area contributed by atoms with Crippen molar-refractivity contribution in [1.29, 1.82) is 0 Å². The molecule has 5 rings (SSSR count). The average Bonchev–Trinajstić information content (AvgIpc) is 3.31. The molecule has 1 fully saturated rings. The number of nitrogens with one attached hydrogen (secondary N) is 3. The maximum absolute atomic E-state index is 13.6. The van der Waals surface area contributed by atoms with Gasteiger partial charge < -0.3 is 15.7 Å². The molecule has 37 heavy (non-hydrogen) atoms. The molecule has 0 amide bonds. The summed E-state index contributed by atoms with van der Waals surface area (Å²) in [6.45, 7) is 0.827. The number of aliphatic hydroxyl groups is 1. The third kappa shape index (κ3) is 5.85. The molecule has 0 spiro atoms. The Bertz CT molecular complexity index is 1420. The average molecular weight is 563 g/mol. The molecule has 5 N–H and O–H groups in total. The van der Waals surface area contributed by atoms with Gasteiger partial charge in [0.05, 0.1) is 33.0 Å². The molecular weight excluding hydrogens is 538 g/mol. The Kier molecular flexibility index (Phi) is 7.59. The Labute approximate surface area is 223 Å². The first-order chi connectivity index (χ1) is 17.7. The van der Waals surface area contributed by atoms with Gasteiger partial charge >= 0.3 is 10.3 Å². The Morgan fingerprint density at radius 2 is 2.05 bits per heavy atom. The van der Waals surface area contributed by atoms with Crippen molar-refractivity contribution in [2.45, 2.75) is 43.9 Å². The molecule has 1 aromatic carbocycles. The van der Waals surface area contributed by atoms with Crippen molar-refractivity contribution in [1.82, 2.24) is 20.0 Å². The number of hydrogen-bond acceptors (Lipinski definition) is 9. The van der Waals surface area contributed by atoms with Gasteiger partial charge in [-0.3, -0.25) is 9.35 Å². The maximum Gasteiger partial charge on any atom is 0.334 e. The molecule has 0 unspecified atom stereocenters. The van der Waals surface area contributed by atoms with Gasteiger partial charge in [-0.05, 0) is 49.4 Å². The fourth-order valence-corrected chi connectivity index (χ4v) is 6.71. The normalized spacial score (nSPS) is 22.4. The van der Waals surface area contributed by atoms with Crippen LogP contribution in [0.4, 0.5) is 5.82 Å². The van der Waals surface area contributed by atoms with E-state index in [2.05, 4.69) is 32.7 Å². The monoisotopic (exact) mass is 562 g/mol. The van der Waals surface area contributed by atoms with E-state index in [9.17, 15) is 18.3 Å². The Morgan fingerprint density at radius 1 is 1.24 bits per heavy atom. The number of nitrogens with zero attached hydrogens (tertiary/aromatic N) is 2. The summed E-state index contributed by atoms with van der Waals surface area (Å²) >= 11 is 7.86. The molecule has 1 aliphatic heterocycles. The summed E-state index contributed by atoms with van der Waals surface area (Å²) < 4.78 is 33.8. The van der Waals surface area contributed by atoms with Gasteiger partial charge in [0.15, 0.2) is 0 Å². The Morgan fingerprint density at radius 3 is 2.86 bits per heavy atom. The number of fused-ring (bicyclic) bond motifs is 1. The minimum Gasteiger partial charge on any atom is -0.391 e. The van der Waals surface area contributed by atoms with E-state index in [1.165, 1.54) is 29.4 Å². The number of ketones is 1. The first-order valence-corrected chi connectivity index (χ1v) is 14.3. The number of rotatable bonds is 7. The maximum atomic E-state index is 13.6. The first kappa shape index (κ1) is 26.2. The molecule has 2 aliphatic rings. The van der Waals surface area contributed by atoms with Crippen molar-refractivity contribution in [3.05, 3.63) is 80.4 Å². The summed E-state index contributed by atoms with van der Waals surface area (Å²) in [5.41, 5.74) is 3.47. The molecule has 195 valence electrons. The molecule has 10 nitrogen and oxygen atoms in total. The number of anilines is 1. The zero-order valence-electron chi connectivity index (χ0n) is 19.5. The third-order valence-electron chi connectivity index (χ3n) is 6.52. The van der Waals surface area contributed by atoms with Crippen LogP contribution in [0.3, 0.4) is 0 Å². The highest BCUT2D eigenvalue weighted by molar-refractivity contribution is 7.83. The largest absolute Gasteiger partial charge is 0.391 e. The van der Waals surface area contributed by atoms with Crippen molar-refractivity contribution in [2.75, 3.05) is 11.9 Å². The number of halogens is 1. The van der Waals surface area contributed by atoms with Crippen LogP contribution in [0.25, 0.3) is 0 Å². The summed E-state index contributed by atoms with van der Waals surface area (Å²) in [7, 11) is -4.50. The van der Waals surface area contributed by atoms with E-state index in [1.54, 1.807) is 0 Å². The summed E-state index contributed by atoms with van der Waals surface area (Å²) in [5, 5.41) is 16.8. The minimum absolute atomic E-state index is 0.0628. The smallest absolute Gasteiger partial charge is 0.334 e. The first-order valence-electron chi connectivity index (χ1n) is 11.7. The highest BCUT2D eigenvalue weighted by Crippen LogP contribution is 2.39. The van der Waals surface area contributed by atoms with Crippen molar-refractivity contribution in [2.24, 2.45) is 0 Å². The second-order valence-corrected chi connectivity index (χ2v) is 11.9. The van der Waals surface area contributed by atoms with E-state index in [-0.39, 0.29) is 42.1 Å². The molecule has 3 heterocycles. The zero-order chi connectivity index (χ0) is 26.2. The zero-order valence-corrected chi connectivity index (χ0v) is 21.9. The van der Waals surface area contributed by atoms with Crippen LogP contribution in [0, 0.1) is 6.04 Å². The van der Waals surface area contributed by atoms with E-state index in [0.29, 0.717) is 9.21 Å². The van der Waals surface area contributed by atoms with Gasteiger partial charge in [-0.15, -0.1) is 11.3 Å². The van der Waals surface area contributed by atoms with Crippen molar-refractivity contribution < 1.29 is 22.9 Å². The molecule has 1 saturated carbocycles. The number of hydrogen-bond donors (Lipinski definition) is 5. The van der Waals surface area contributed by atoms with Crippen LogP contribution in [0.1, 0.15) is 57.2 Å². The number of carbonyl (C=O) groups is 1. The van der Waals surface area contributed by atoms with Crippen LogP contribution in [0.15, 0.2) is 42.9 Å². The molecule has 1 radical (unpaired) electrons. The number of carbonyl (C=O) groups excluding carboxylic acids is 1. The van der Waals surface area contributed by atoms with Crippen molar-refractivity contribution in [3.8, 4) is 0 Å². The molecule has 2 aromatic heterocycles.